The number of primary amides is 1. The number of rotatable bonds is 12. The third kappa shape index (κ3) is 10.4. The molecule has 11 heteroatoms. The lowest BCUT2D eigenvalue weighted by atomic mass is 9.80. The van der Waals surface area contributed by atoms with Gasteiger partial charge >= 0.3 is 6.03 Å². The Morgan fingerprint density at radius 2 is 1.45 bits per heavy atom. The Balaban J connectivity index is 2.31. The Labute approximate surface area is 264 Å². The van der Waals surface area contributed by atoms with Crippen molar-refractivity contribution in [3.05, 3.63) is 0 Å². The average Bonchev–Trinajstić information content (AvgIpc) is 3.29. The molecule has 2 fully saturated rings. The normalized spacial score (nSPS) is 21.7. The molecule has 0 aromatic heterocycles. The van der Waals surface area contributed by atoms with E-state index in [1.165, 1.54) is 4.90 Å². The van der Waals surface area contributed by atoms with Crippen molar-refractivity contribution in [1.29, 1.82) is 0 Å². The summed E-state index contributed by atoms with van der Waals surface area (Å²) in [5.41, 5.74) is 3.95. The molecule has 44 heavy (non-hydrogen) atoms. The molecule has 252 valence electrons. The molecule has 0 bridgehead atoms. The lowest BCUT2D eigenvalue weighted by molar-refractivity contribution is -0.144. The number of amides is 5. The van der Waals surface area contributed by atoms with Gasteiger partial charge in [0.15, 0.2) is 0 Å². The maximum absolute atomic E-state index is 14.2. The zero-order valence-corrected chi connectivity index (χ0v) is 29.0. The summed E-state index contributed by atoms with van der Waals surface area (Å²) in [6.07, 6.45) is 3.85. The molecule has 1 heterocycles. The van der Waals surface area contributed by atoms with Crippen LogP contribution >= 0.6 is 0 Å². The van der Waals surface area contributed by atoms with E-state index < -0.39 is 47.2 Å². The molecule has 2 aliphatic rings. The highest BCUT2D eigenvalue weighted by molar-refractivity contribution is 6.37. The molecule has 5 amide bonds. The van der Waals surface area contributed by atoms with Crippen LogP contribution < -0.4 is 21.7 Å². The third-order valence-electron chi connectivity index (χ3n) is 8.94. The number of nitrogens with one attached hydrogen (secondary N) is 3. The van der Waals surface area contributed by atoms with Gasteiger partial charge in [-0.3, -0.25) is 19.2 Å². The molecule has 2 rings (SSSR count). The highest BCUT2D eigenvalue weighted by Crippen LogP contribution is 2.34. The first-order chi connectivity index (χ1) is 20.0. The van der Waals surface area contributed by atoms with Crippen LogP contribution in [0.2, 0.25) is 0 Å². The van der Waals surface area contributed by atoms with Crippen molar-refractivity contribution in [2.24, 2.45) is 34.3 Å². The Morgan fingerprint density at radius 3 is 1.89 bits per heavy atom. The molecule has 5 atom stereocenters. The van der Waals surface area contributed by atoms with Crippen LogP contribution in [0.4, 0.5) is 4.79 Å². The van der Waals surface area contributed by atoms with Crippen molar-refractivity contribution in [1.82, 2.24) is 20.9 Å². The van der Waals surface area contributed by atoms with E-state index in [0.29, 0.717) is 26.0 Å². The van der Waals surface area contributed by atoms with Crippen molar-refractivity contribution < 1.29 is 28.7 Å². The predicted molar refractivity (Wildman–Crippen MR) is 170 cm³/mol. The van der Waals surface area contributed by atoms with Crippen LogP contribution in [0.15, 0.2) is 0 Å². The van der Waals surface area contributed by atoms with Crippen LogP contribution in [0.3, 0.4) is 0 Å². The molecule has 5 N–H and O–H groups in total. The second kappa shape index (κ2) is 14.6. The number of carbonyl (C=O) groups excluding carboxylic acids is 5. The van der Waals surface area contributed by atoms with Gasteiger partial charge in [-0.05, 0) is 62.2 Å². The van der Waals surface area contributed by atoms with Gasteiger partial charge < -0.3 is 31.3 Å². The molecule has 11 nitrogen and oxygen atoms in total. The third-order valence-corrected chi connectivity index (χ3v) is 8.94. The average molecular weight is 622 g/mol. The lowest BCUT2D eigenvalue weighted by Gasteiger charge is -2.38. The number of likely N-dealkylation sites (tertiary alicyclic amines) is 1. The molecule has 1 aliphatic carbocycles. The number of hydrogen-bond donors (Lipinski definition) is 4. The van der Waals surface area contributed by atoms with Gasteiger partial charge in [0.2, 0.25) is 17.6 Å². The van der Waals surface area contributed by atoms with Gasteiger partial charge in [-0.1, -0.05) is 74.7 Å². The minimum absolute atomic E-state index is 0.0696. The number of nitrogens with two attached hydrogens (primary N) is 1. The van der Waals surface area contributed by atoms with Crippen LogP contribution in [0.25, 0.3) is 0 Å². The van der Waals surface area contributed by atoms with Crippen LogP contribution in [-0.4, -0.2) is 77.4 Å². The molecule has 0 spiro atoms. The number of urea groups is 1. The summed E-state index contributed by atoms with van der Waals surface area (Å²) in [6.45, 7) is 22.1. The second-order valence-corrected chi connectivity index (χ2v) is 16.3. The van der Waals surface area contributed by atoms with Crippen LogP contribution in [-0.2, 0) is 23.9 Å². The maximum atomic E-state index is 14.2. The van der Waals surface area contributed by atoms with Crippen molar-refractivity contribution in [3.8, 4) is 0 Å². The minimum atomic E-state index is -1.08. The van der Waals surface area contributed by atoms with E-state index in [2.05, 4.69) is 16.0 Å². The predicted octanol–water partition coefficient (Wildman–Crippen LogP) is 3.53. The number of Topliss-reactive ketones (excluding diaryl/α,β-unsaturated/α-hetero) is 1. The summed E-state index contributed by atoms with van der Waals surface area (Å²) in [6, 6.07) is -3.65. The first-order valence-electron chi connectivity index (χ1n) is 16.2. The molecular formula is C33H59N5O6. The molecule has 0 aromatic carbocycles. The summed E-state index contributed by atoms with van der Waals surface area (Å²) < 4.78 is 5.98. The Kier molecular flexibility index (Phi) is 12.4. The van der Waals surface area contributed by atoms with Crippen molar-refractivity contribution in [2.45, 2.75) is 138 Å². The first-order valence-corrected chi connectivity index (χ1v) is 16.2. The van der Waals surface area contributed by atoms with Gasteiger partial charge in [-0.15, -0.1) is 0 Å². The first kappa shape index (κ1) is 37.5. The number of hydrogen-bond acceptors (Lipinski definition) is 6. The standard InChI is InChI=1S/C33H59N5O6/c1-19(2)21-15-16-38(24(21)28(41)35-22(25(39)27(34)40)17-20-13-12-14-20)29(42)26(32(6,7)8)37-30(43)36-23(31(3,4)5)18-44-33(9,10)11/h19-24,26H,12-18H2,1-11H3,(H2,34,40)(H,35,41)(H2,36,37,43)/t21?,22?,23-,24-,26+/m0/s1. The molecule has 0 aromatic rings. The van der Waals surface area contributed by atoms with E-state index in [-0.39, 0.29) is 40.7 Å². The molecule has 1 saturated carbocycles. The summed E-state index contributed by atoms with van der Waals surface area (Å²) in [5.74, 6) is -2.61. The monoisotopic (exact) mass is 621 g/mol. The summed E-state index contributed by atoms with van der Waals surface area (Å²) in [4.78, 5) is 67.6. The minimum Gasteiger partial charge on any atom is -0.374 e. The fraction of sp³-hybridized carbons (Fsp3) is 0.848. The molecule has 2 unspecified atom stereocenters. The summed E-state index contributed by atoms with van der Waals surface area (Å²) in [7, 11) is 0. The fourth-order valence-electron chi connectivity index (χ4n) is 5.81. The quantitative estimate of drug-likeness (QED) is 0.244. The largest absolute Gasteiger partial charge is 0.374 e. The van der Waals surface area contributed by atoms with E-state index in [4.69, 9.17) is 10.5 Å². The smallest absolute Gasteiger partial charge is 0.315 e. The Bertz CT molecular complexity index is 1050. The lowest BCUT2D eigenvalue weighted by Crippen LogP contribution is -2.62. The number of ketones is 1. The van der Waals surface area contributed by atoms with Crippen LogP contribution in [0, 0.1) is 28.6 Å². The van der Waals surface area contributed by atoms with Crippen LogP contribution in [0.1, 0.15) is 108 Å². The van der Waals surface area contributed by atoms with E-state index in [1.54, 1.807) is 0 Å². The van der Waals surface area contributed by atoms with Gasteiger partial charge in [0.05, 0.1) is 24.3 Å². The fourth-order valence-corrected chi connectivity index (χ4v) is 5.81. The maximum Gasteiger partial charge on any atom is 0.315 e. The van der Waals surface area contributed by atoms with Crippen LogP contribution in [0.5, 0.6) is 0 Å². The Morgan fingerprint density at radius 1 is 0.864 bits per heavy atom. The highest BCUT2D eigenvalue weighted by atomic mass is 16.5. The Hall–Kier alpha value is -2.69. The molecular weight excluding hydrogens is 562 g/mol. The summed E-state index contributed by atoms with van der Waals surface area (Å²) >= 11 is 0. The van der Waals surface area contributed by atoms with Gasteiger partial charge in [-0.2, -0.15) is 0 Å². The van der Waals surface area contributed by atoms with Crippen molar-refractivity contribution in [3.63, 3.8) is 0 Å². The second-order valence-electron chi connectivity index (χ2n) is 16.3. The molecule has 1 saturated heterocycles. The highest BCUT2D eigenvalue weighted by Gasteiger charge is 2.48. The number of carbonyl (C=O) groups is 5. The van der Waals surface area contributed by atoms with Gasteiger partial charge in [0, 0.05) is 6.54 Å². The van der Waals surface area contributed by atoms with E-state index >= 15 is 0 Å². The van der Waals surface area contributed by atoms with E-state index in [0.717, 1.165) is 19.3 Å². The van der Waals surface area contributed by atoms with Gasteiger partial charge in [0.25, 0.3) is 5.91 Å². The molecule has 1 aliphatic heterocycles. The molecule has 0 radical (unpaired) electrons. The van der Waals surface area contributed by atoms with E-state index in [9.17, 15) is 24.0 Å². The van der Waals surface area contributed by atoms with Gasteiger partial charge in [0.1, 0.15) is 12.1 Å². The van der Waals surface area contributed by atoms with E-state index in [1.807, 2.05) is 76.2 Å². The zero-order chi connectivity index (χ0) is 33.8. The van der Waals surface area contributed by atoms with Crippen molar-refractivity contribution >= 4 is 29.5 Å². The van der Waals surface area contributed by atoms with Gasteiger partial charge in [-0.25, -0.2) is 4.79 Å². The number of ether oxygens (including phenoxy) is 1. The SMILES string of the molecule is CC(C)C1CCN(C(=O)[C@@H](NC(=O)N[C@@H](COC(C)(C)C)C(C)(C)C)C(C)(C)C)[C@@H]1C(=O)NC(CC1CCC1)C(=O)C(N)=O. The topological polar surface area (TPSA) is 160 Å². The number of nitrogens with zero attached hydrogens (tertiary/aromatic N) is 1. The van der Waals surface area contributed by atoms with Crippen molar-refractivity contribution in [2.75, 3.05) is 13.2 Å². The summed E-state index contributed by atoms with van der Waals surface area (Å²) in [5, 5.41) is 8.72. The zero-order valence-electron chi connectivity index (χ0n) is 29.0.